The van der Waals surface area contributed by atoms with Crippen molar-refractivity contribution in [1.82, 2.24) is 0 Å². The fourth-order valence-corrected chi connectivity index (χ4v) is 2.05. The molecule has 4 nitrogen and oxygen atoms in total. The van der Waals surface area contributed by atoms with E-state index >= 15 is 0 Å². The van der Waals surface area contributed by atoms with Crippen molar-refractivity contribution in [3.8, 4) is 16.9 Å². The van der Waals surface area contributed by atoms with E-state index in [4.69, 9.17) is 0 Å². The van der Waals surface area contributed by atoms with Crippen molar-refractivity contribution in [3.63, 3.8) is 0 Å². The zero-order valence-corrected chi connectivity index (χ0v) is 12.4. The monoisotopic (exact) mass is 317 g/mol. The van der Waals surface area contributed by atoms with Crippen molar-refractivity contribution >= 4 is 5.69 Å². The SMILES string of the molecule is CCCCN(C)c1ccc(-c2c(O)c(=O)c2=O)cc1.[Ni]. The van der Waals surface area contributed by atoms with Crippen LogP contribution in [0.25, 0.3) is 11.1 Å². The largest absolute Gasteiger partial charge is 0.503 e. The molecular formula is C15H17NNiO3. The molecule has 0 aliphatic carbocycles. The number of nitrogens with zero attached hydrogens (tertiary/aromatic N) is 1. The van der Waals surface area contributed by atoms with Gasteiger partial charge < -0.3 is 10.0 Å². The Morgan fingerprint density at radius 2 is 1.70 bits per heavy atom. The van der Waals surface area contributed by atoms with Crippen molar-refractivity contribution in [2.45, 2.75) is 19.8 Å². The zero-order valence-electron chi connectivity index (χ0n) is 11.5. The Morgan fingerprint density at radius 3 is 2.20 bits per heavy atom. The van der Waals surface area contributed by atoms with E-state index in [9.17, 15) is 14.7 Å². The number of benzene rings is 1. The number of hydrogen-bond donors (Lipinski definition) is 1. The predicted octanol–water partition coefficient (Wildman–Crippen LogP) is 1.89. The first-order valence-electron chi connectivity index (χ1n) is 6.40. The van der Waals surface area contributed by atoms with Crippen LogP contribution in [-0.2, 0) is 16.5 Å². The van der Waals surface area contributed by atoms with Crippen LogP contribution in [0.1, 0.15) is 19.8 Å². The Kier molecular flexibility index (Phi) is 5.52. The van der Waals surface area contributed by atoms with Gasteiger partial charge in [-0.25, -0.2) is 0 Å². The maximum atomic E-state index is 11.4. The van der Waals surface area contributed by atoms with Gasteiger partial charge in [0.1, 0.15) is 0 Å². The fraction of sp³-hybridized carbons (Fsp3) is 0.333. The zero-order chi connectivity index (χ0) is 14.0. The summed E-state index contributed by atoms with van der Waals surface area (Å²) in [5.74, 6) is -0.419. The van der Waals surface area contributed by atoms with E-state index in [-0.39, 0.29) is 22.1 Å². The molecule has 20 heavy (non-hydrogen) atoms. The van der Waals surface area contributed by atoms with E-state index in [1.807, 2.05) is 19.2 Å². The molecule has 0 bridgehead atoms. The first kappa shape index (κ1) is 16.4. The summed E-state index contributed by atoms with van der Waals surface area (Å²) in [6, 6.07) is 7.30. The van der Waals surface area contributed by atoms with Crippen molar-refractivity contribution in [2.24, 2.45) is 0 Å². The average Bonchev–Trinajstić information content (AvgIpc) is 2.45. The molecule has 0 aliphatic heterocycles. The van der Waals surface area contributed by atoms with Gasteiger partial charge in [-0.05, 0) is 24.1 Å². The summed E-state index contributed by atoms with van der Waals surface area (Å²) in [6.45, 7) is 3.12. The van der Waals surface area contributed by atoms with Crippen molar-refractivity contribution in [2.75, 3.05) is 18.5 Å². The van der Waals surface area contributed by atoms with Crippen LogP contribution in [0.2, 0.25) is 0 Å². The molecule has 0 fully saturated rings. The Balaban J connectivity index is 0.00000200. The summed E-state index contributed by atoms with van der Waals surface area (Å²) < 4.78 is 0. The van der Waals surface area contributed by atoms with Gasteiger partial charge in [0.05, 0.1) is 5.56 Å². The number of rotatable bonds is 5. The van der Waals surface area contributed by atoms with E-state index in [0.29, 0.717) is 5.56 Å². The number of hydrogen-bond acceptors (Lipinski definition) is 4. The molecule has 0 aliphatic rings. The summed E-state index contributed by atoms with van der Waals surface area (Å²) in [7, 11) is 2.01. The maximum absolute atomic E-state index is 11.4. The van der Waals surface area contributed by atoms with Gasteiger partial charge in [-0.3, -0.25) is 9.59 Å². The fourth-order valence-electron chi connectivity index (χ4n) is 2.05. The molecule has 0 radical (unpaired) electrons. The van der Waals surface area contributed by atoms with Gasteiger partial charge in [-0.2, -0.15) is 0 Å². The van der Waals surface area contributed by atoms with Gasteiger partial charge in [0.2, 0.25) is 5.43 Å². The first-order chi connectivity index (χ1) is 9.06. The quantitative estimate of drug-likeness (QED) is 0.676. The second-order valence-electron chi connectivity index (χ2n) is 4.70. The summed E-state index contributed by atoms with van der Waals surface area (Å²) in [5.41, 5.74) is 0.376. The van der Waals surface area contributed by atoms with Gasteiger partial charge >= 0.3 is 0 Å². The van der Waals surface area contributed by atoms with Crippen LogP contribution < -0.4 is 15.8 Å². The predicted molar refractivity (Wildman–Crippen MR) is 76.6 cm³/mol. The molecule has 2 aromatic rings. The second kappa shape index (κ2) is 6.71. The Morgan fingerprint density at radius 1 is 1.10 bits per heavy atom. The smallest absolute Gasteiger partial charge is 0.268 e. The molecule has 0 amide bonds. The molecule has 0 unspecified atom stereocenters. The standard InChI is InChI=1S/C15H17NO3.Ni/c1-3-4-9-16(2)11-7-5-10(6-8-11)12-13(17)15(19)14(12)18;/h5-8,17H,3-4,9H2,1-2H3;. The van der Waals surface area contributed by atoms with Crippen LogP contribution in [0.3, 0.4) is 0 Å². The minimum absolute atomic E-state index is 0. The normalized spacial score (nSPS) is 10.3. The third-order valence-corrected chi connectivity index (χ3v) is 3.33. The molecule has 0 atom stereocenters. The molecule has 0 heterocycles. The molecule has 2 rings (SSSR count). The van der Waals surface area contributed by atoms with Crippen LogP contribution in [-0.4, -0.2) is 18.7 Å². The van der Waals surface area contributed by atoms with Gasteiger partial charge in [-0.1, -0.05) is 25.5 Å². The van der Waals surface area contributed by atoms with Crippen molar-refractivity contribution in [1.29, 1.82) is 0 Å². The van der Waals surface area contributed by atoms with Gasteiger partial charge in [0, 0.05) is 35.8 Å². The van der Waals surface area contributed by atoms with Crippen molar-refractivity contribution < 1.29 is 21.6 Å². The number of aromatic hydroxyl groups is 1. The molecular weight excluding hydrogens is 301 g/mol. The van der Waals surface area contributed by atoms with E-state index in [2.05, 4.69) is 11.8 Å². The van der Waals surface area contributed by atoms with Crippen molar-refractivity contribution in [3.05, 3.63) is 44.7 Å². The number of unbranched alkanes of at least 4 members (excludes halogenated alkanes) is 1. The van der Waals surface area contributed by atoms with Crippen LogP contribution in [0, 0.1) is 0 Å². The Bertz CT molecular complexity index is 642. The van der Waals surface area contributed by atoms with Crippen LogP contribution in [0.5, 0.6) is 5.75 Å². The average molecular weight is 318 g/mol. The Labute approximate surface area is 127 Å². The topological polar surface area (TPSA) is 57.6 Å². The first-order valence-corrected chi connectivity index (χ1v) is 6.40. The minimum Gasteiger partial charge on any atom is -0.503 e. The third kappa shape index (κ3) is 2.93. The molecule has 1 N–H and O–H groups in total. The molecule has 0 saturated heterocycles. The molecule has 5 heteroatoms. The van der Waals surface area contributed by atoms with Crippen LogP contribution in [0.4, 0.5) is 5.69 Å². The van der Waals surface area contributed by atoms with Gasteiger partial charge in [0.25, 0.3) is 5.43 Å². The summed E-state index contributed by atoms with van der Waals surface area (Å²) in [5, 5.41) is 9.39. The Hall–Kier alpha value is -1.61. The van der Waals surface area contributed by atoms with Gasteiger partial charge in [0.15, 0.2) is 5.75 Å². The molecule has 0 spiro atoms. The molecule has 110 valence electrons. The van der Waals surface area contributed by atoms with Crippen LogP contribution in [0.15, 0.2) is 33.9 Å². The van der Waals surface area contributed by atoms with E-state index < -0.39 is 16.6 Å². The van der Waals surface area contributed by atoms with Gasteiger partial charge in [-0.15, -0.1) is 0 Å². The molecule has 0 aromatic heterocycles. The summed E-state index contributed by atoms with van der Waals surface area (Å²) >= 11 is 0. The van der Waals surface area contributed by atoms with E-state index in [1.165, 1.54) is 0 Å². The van der Waals surface area contributed by atoms with E-state index in [0.717, 1.165) is 25.1 Å². The van der Waals surface area contributed by atoms with Crippen LogP contribution >= 0.6 is 0 Å². The molecule has 2 aromatic carbocycles. The number of anilines is 1. The molecule has 0 saturated carbocycles. The third-order valence-electron chi connectivity index (χ3n) is 3.33. The second-order valence-corrected chi connectivity index (χ2v) is 4.70. The summed E-state index contributed by atoms with van der Waals surface area (Å²) in [4.78, 5) is 24.5. The van der Waals surface area contributed by atoms with E-state index in [1.54, 1.807) is 12.1 Å². The summed E-state index contributed by atoms with van der Waals surface area (Å²) in [6.07, 6.45) is 2.26. The minimum atomic E-state index is -0.792. The maximum Gasteiger partial charge on any atom is 0.268 e.